The van der Waals surface area contributed by atoms with Crippen molar-refractivity contribution in [2.24, 2.45) is 5.92 Å². The topological polar surface area (TPSA) is 50.2 Å². The van der Waals surface area contributed by atoms with Gasteiger partial charge in [-0.05, 0) is 12.1 Å². The van der Waals surface area contributed by atoms with Crippen LogP contribution in [0.25, 0.3) is 0 Å². The molecule has 0 bridgehead atoms. The average molecular weight is 189 g/mol. The molecule has 0 saturated heterocycles. The number of carboxylic acids is 1. The van der Waals surface area contributed by atoms with Crippen LogP contribution in [-0.2, 0) is 0 Å². The van der Waals surface area contributed by atoms with Gasteiger partial charge in [0, 0.05) is 17.7 Å². The molecule has 0 fully saturated rings. The maximum absolute atomic E-state index is 10.6. The zero-order valence-electron chi connectivity index (χ0n) is 8.11. The molecule has 0 unspecified atom stereocenters. The van der Waals surface area contributed by atoms with Crippen LogP contribution in [0.1, 0.15) is 29.9 Å². The van der Waals surface area contributed by atoms with Crippen LogP contribution in [0.3, 0.4) is 0 Å². The number of pyridine rings is 1. The lowest BCUT2D eigenvalue weighted by Gasteiger charge is -1.94. The SMILES string of the molecule is CC(C)C#Cc1ccnc(C(=O)O)c1. The number of hydrogen-bond donors (Lipinski definition) is 1. The highest BCUT2D eigenvalue weighted by Gasteiger charge is 2.03. The molecule has 1 heterocycles. The van der Waals surface area contributed by atoms with E-state index in [2.05, 4.69) is 16.8 Å². The zero-order chi connectivity index (χ0) is 10.6. The van der Waals surface area contributed by atoms with Crippen molar-refractivity contribution in [3.8, 4) is 11.8 Å². The Balaban J connectivity index is 2.96. The monoisotopic (exact) mass is 189 g/mol. The number of aromatic nitrogens is 1. The summed E-state index contributed by atoms with van der Waals surface area (Å²) < 4.78 is 0. The summed E-state index contributed by atoms with van der Waals surface area (Å²) in [7, 11) is 0. The summed E-state index contributed by atoms with van der Waals surface area (Å²) in [6, 6.07) is 3.17. The molecule has 1 aromatic heterocycles. The lowest BCUT2D eigenvalue weighted by atomic mass is 10.2. The van der Waals surface area contributed by atoms with Gasteiger partial charge in [-0.25, -0.2) is 9.78 Å². The van der Waals surface area contributed by atoms with Crippen LogP contribution in [-0.4, -0.2) is 16.1 Å². The normalized spacial score (nSPS) is 9.36. The van der Waals surface area contributed by atoms with Crippen LogP contribution in [0, 0.1) is 17.8 Å². The molecular formula is C11H11NO2. The molecule has 0 aliphatic carbocycles. The van der Waals surface area contributed by atoms with Crippen LogP contribution in [0.4, 0.5) is 0 Å². The van der Waals surface area contributed by atoms with Crippen LogP contribution in [0.5, 0.6) is 0 Å². The molecule has 0 aliphatic heterocycles. The fraction of sp³-hybridized carbons (Fsp3) is 0.273. The average Bonchev–Trinajstić information content (AvgIpc) is 2.15. The summed E-state index contributed by atoms with van der Waals surface area (Å²) in [4.78, 5) is 14.3. The van der Waals surface area contributed by atoms with Crippen LogP contribution >= 0.6 is 0 Å². The highest BCUT2D eigenvalue weighted by atomic mass is 16.4. The number of aromatic carboxylic acids is 1. The Hall–Kier alpha value is -1.82. The molecule has 0 aliphatic rings. The molecule has 14 heavy (non-hydrogen) atoms. The molecule has 1 N–H and O–H groups in total. The van der Waals surface area contributed by atoms with Gasteiger partial charge in [-0.2, -0.15) is 0 Å². The largest absolute Gasteiger partial charge is 0.477 e. The van der Waals surface area contributed by atoms with Gasteiger partial charge in [-0.15, -0.1) is 0 Å². The van der Waals surface area contributed by atoms with E-state index >= 15 is 0 Å². The Morgan fingerprint density at radius 3 is 2.86 bits per heavy atom. The van der Waals surface area contributed by atoms with E-state index in [1.807, 2.05) is 13.8 Å². The van der Waals surface area contributed by atoms with Gasteiger partial charge in [0.15, 0.2) is 0 Å². The van der Waals surface area contributed by atoms with E-state index in [0.29, 0.717) is 5.56 Å². The minimum Gasteiger partial charge on any atom is -0.477 e. The summed E-state index contributed by atoms with van der Waals surface area (Å²) in [5.41, 5.74) is 0.714. The van der Waals surface area contributed by atoms with Gasteiger partial charge in [-0.1, -0.05) is 25.7 Å². The standard InChI is InChI=1S/C11H11NO2/c1-8(2)3-4-9-5-6-12-10(7-9)11(13)14/h5-8H,1-2H3,(H,13,14). The lowest BCUT2D eigenvalue weighted by molar-refractivity contribution is 0.0690. The van der Waals surface area contributed by atoms with Gasteiger partial charge in [0.2, 0.25) is 0 Å². The van der Waals surface area contributed by atoms with E-state index in [0.717, 1.165) is 0 Å². The minimum atomic E-state index is -1.03. The van der Waals surface area contributed by atoms with Crippen molar-refractivity contribution >= 4 is 5.97 Å². The number of rotatable bonds is 1. The van der Waals surface area contributed by atoms with Gasteiger partial charge < -0.3 is 5.11 Å². The lowest BCUT2D eigenvalue weighted by Crippen LogP contribution is -1.99. The van der Waals surface area contributed by atoms with Gasteiger partial charge in [0.1, 0.15) is 5.69 Å². The molecule has 72 valence electrons. The number of carbonyl (C=O) groups is 1. The summed E-state index contributed by atoms with van der Waals surface area (Å²) in [6.45, 7) is 3.96. The number of carboxylic acid groups (broad SMARTS) is 1. The second-order valence-corrected chi connectivity index (χ2v) is 3.16. The van der Waals surface area contributed by atoms with Gasteiger partial charge in [0.25, 0.3) is 0 Å². The first-order valence-electron chi connectivity index (χ1n) is 4.30. The van der Waals surface area contributed by atoms with Crippen molar-refractivity contribution in [2.75, 3.05) is 0 Å². The first-order chi connectivity index (χ1) is 6.59. The smallest absolute Gasteiger partial charge is 0.354 e. The molecule has 1 rings (SSSR count). The maximum atomic E-state index is 10.6. The quantitative estimate of drug-likeness (QED) is 0.685. The Kier molecular flexibility index (Phi) is 3.24. The fourth-order valence-corrected chi connectivity index (χ4v) is 0.853. The second kappa shape index (κ2) is 4.43. The van der Waals surface area contributed by atoms with E-state index in [9.17, 15) is 4.79 Å². The molecule has 0 atom stereocenters. The predicted octanol–water partition coefficient (Wildman–Crippen LogP) is 1.79. The van der Waals surface area contributed by atoms with Crippen molar-refractivity contribution in [1.82, 2.24) is 4.98 Å². The van der Waals surface area contributed by atoms with Crippen molar-refractivity contribution in [3.05, 3.63) is 29.6 Å². The first-order valence-corrected chi connectivity index (χ1v) is 4.30. The highest BCUT2D eigenvalue weighted by molar-refractivity contribution is 5.85. The van der Waals surface area contributed by atoms with Crippen LogP contribution in [0.15, 0.2) is 18.3 Å². The summed E-state index contributed by atoms with van der Waals surface area (Å²) in [6.07, 6.45) is 1.45. The van der Waals surface area contributed by atoms with Crippen molar-refractivity contribution < 1.29 is 9.90 Å². The van der Waals surface area contributed by atoms with E-state index in [1.165, 1.54) is 12.3 Å². The van der Waals surface area contributed by atoms with E-state index in [1.54, 1.807) is 6.07 Å². The van der Waals surface area contributed by atoms with Gasteiger partial charge in [0.05, 0.1) is 0 Å². The predicted molar refractivity (Wildman–Crippen MR) is 52.9 cm³/mol. The third-order valence-corrected chi connectivity index (χ3v) is 1.48. The first kappa shape index (κ1) is 10.3. The third kappa shape index (κ3) is 2.91. The Bertz CT molecular complexity index is 399. The molecule has 0 radical (unpaired) electrons. The molecule has 3 heteroatoms. The van der Waals surface area contributed by atoms with Crippen molar-refractivity contribution in [1.29, 1.82) is 0 Å². The van der Waals surface area contributed by atoms with E-state index in [4.69, 9.17) is 5.11 Å². The third-order valence-electron chi connectivity index (χ3n) is 1.48. The zero-order valence-corrected chi connectivity index (χ0v) is 8.11. The Morgan fingerprint density at radius 2 is 2.29 bits per heavy atom. The fourth-order valence-electron chi connectivity index (χ4n) is 0.853. The summed E-state index contributed by atoms with van der Waals surface area (Å²) >= 11 is 0. The number of hydrogen-bond acceptors (Lipinski definition) is 2. The minimum absolute atomic E-state index is 0.0283. The Labute approximate surface area is 82.8 Å². The van der Waals surface area contributed by atoms with E-state index < -0.39 is 5.97 Å². The molecule has 0 saturated carbocycles. The van der Waals surface area contributed by atoms with Crippen LogP contribution in [0.2, 0.25) is 0 Å². The van der Waals surface area contributed by atoms with E-state index in [-0.39, 0.29) is 11.6 Å². The van der Waals surface area contributed by atoms with Crippen molar-refractivity contribution in [3.63, 3.8) is 0 Å². The summed E-state index contributed by atoms with van der Waals surface area (Å²) in [5.74, 6) is 5.09. The molecule has 1 aromatic rings. The second-order valence-electron chi connectivity index (χ2n) is 3.16. The molecule has 3 nitrogen and oxygen atoms in total. The molecule has 0 amide bonds. The van der Waals surface area contributed by atoms with Crippen molar-refractivity contribution in [2.45, 2.75) is 13.8 Å². The van der Waals surface area contributed by atoms with Gasteiger partial charge in [-0.3, -0.25) is 0 Å². The maximum Gasteiger partial charge on any atom is 0.354 e. The highest BCUT2D eigenvalue weighted by Crippen LogP contribution is 2.00. The molecular weight excluding hydrogens is 178 g/mol. The molecule has 0 spiro atoms. The van der Waals surface area contributed by atoms with Gasteiger partial charge >= 0.3 is 5.97 Å². The van der Waals surface area contributed by atoms with Crippen LogP contribution < -0.4 is 0 Å². The molecule has 0 aromatic carbocycles. The number of nitrogens with zero attached hydrogens (tertiary/aromatic N) is 1. The Morgan fingerprint density at radius 1 is 1.57 bits per heavy atom. The summed E-state index contributed by atoms with van der Waals surface area (Å²) in [5, 5.41) is 8.68.